The first-order valence-electron chi connectivity index (χ1n) is 5.85. The van der Waals surface area contributed by atoms with E-state index in [1.54, 1.807) is 4.90 Å². The summed E-state index contributed by atoms with van der Waals surface area (Å²) in [5.41, 5.74) is 10.6. The van der Waals surface area contributed by atoms with Crippen LogP contribution < -0.4 is 11.5 Å². The number of piperidine rings is 1. The van der Waals surface area contributed by atoms with Crippen LogP contribution >= 0.6 is 0 Å². The van der Waals surface area contributed by atoms with Gasteiger partial charge in [0.1, 0.15) is 0 Å². The fourth-order valence-corrected chi connectivity index (χ4v) is 2.08. The van der Waals surface area contributed by atoms with Crippen LogP contribution in [-0.2, 0) is 9.59 Å². The first-order valence-corrected chi connectivity index (χ1v) is 5.85. The van der Waals surface area contributed by atoms with Crippen LogP contribution in [0.5, 0.6) is 0 Å². The van der Waals surface area contributed by atoms with Gasteiger partial charge in [0.25, 0.3) is 0 Å². The van der Waals surface area contributed by atoms with Gasteiger partial charge in [-0.2, -0.15) is 0 Å². The average Bonchev–Trinajstić information content (AvgIpc) is 2.26. The van der Waals surface area contributed by atoms with Gasteiger partial charge < -0.3 is 16.4 Å². The topological polar surface area (TPSA) is 89.4 Å². The molecule has 0 bridgehead atoms. The van der Waals surface area contributed by atoms with E-state index >= 15 is 0 Å². The molecule has 0 aromatic heterocycles. The Labute approximate surface area is 96.1 Å². The SMILES string of the molecule is CC1CCC(C(N)=O)CN1C(=O)CCCN. The summed E-state index contributed by atoms with van der Waals surface area (Å²) < 4.78 is 0. The maximum Gasteiger partial charge on any atom is 0.222 e. The number of amides is 2. The van der Waals surface area contributed by atoms with Crippen molar-refractivity contribution in [2.24, 2.45) is 17.4 Å². The van der Waals surface area contributed by atoms with Gasteiger partial charge in [0.05, 0.1) is 5.92 Å². The van der Waals surface area contributed by atoms with Crippen molar-refractivity contribution in [1.82, 2.24) is 4.90 Å². The second-order valence-corrected chi connectivity index (χ2v) is 4.46. The van der Waals surface area contributed by atoms with Crippen molar-refractivity contribution in [3.63, 3.8) is 0 Å². The van der Waals surface area contributed by atoms with Gasteiger partial charge in [-0.25, -0.2) is 0 Å². The Hall–Kier alpha value is -1.10. The molecule has 0 aromatic rings. The van der Waals surface area contributed by atoms with Crippen LogP contribution in [0.3, 0.4) is 0 Å². The Balaban J connectivity index is 2.55. The lowest BCUT2D eigenvalue weighted by Crippen LogP contribution is -2.48. The van der Waals surface area contributed by atoms with E-state index in [2.05, 4.69) is 0 Å². The number of nitrogens with zero attached hydrogens (tertiary/aromatic N) is 1. The second-order valence-electron chi connectivity index (χ2n) is 4.46. The van der Waals surface area contributed by atoms with E-state index in [1.807, 2.05) is 6.92 Å². The fourth-order valence-electron chi connectivity index (χ4n) is 2.08. The highest BCUT2D eigenvalue weighted by Crippen LogP contribution is 2.22. The lowest BCUT2D eigenvalue weighted by atomic mass is 9.92. The summed E-state index contributed by atoms with van der Waals surface area (Å²) in [5.74, 6) is -0.398. The Kier molecular flexibility index (Phi) is 4.73. The zero-order valence-corrected chi connectivity index (χ0v) is 9.82. The summed E-state index contributed by atoms with van der Waals surface area (Å²) in [6, 6.07) is 0.209. The van der Waals surface area contributed by atoms with Crippen LogP contribution in [0.4, 0.5) is 0 Å². The molecule has 16 heavy (non-hydrogen) atoms. The number of primary amides is 1. The summed E-state index contributed by atoms with van der Waals surface area (Å²) in [6.07, 6.45) is 2.80. The number of carbonyl (C=O) groups excluding carboxylic acids is 2. The van der Waals surface area contributed by atoms with E-state index in [-0.39, 0.29) is 23.8 Å². The molecule has 4 N–H and O–H groups in total. The first kappa shape index (κ1) is 13.0. The molecule has 0 spiro atoms. The number of nitrogens with two attached hydrogens (primary N) is 2. The predicted octanol–water partition coefficient (Wildman–Crippen LogP) is -0.162. The van der Waals surface area contributed by atoms with Crippen LogP contribution in [0.25, 0.3) is 0 Å². The summed E-state index contributed by atoms with van der Waals surface area (Å²) in [6.45, 7) is 3.00. The average molecular weight is 227 g/mol. The number of hydrogen-bond donors (Lipinski definition) is 2. The van der Waals surface area contributed by atoms with Gasteiger partial charge >= 0.3 is 0 Å². The second kappa shape index (κ2) is 5.84. The number of rotatable bonds is 4. The van der Waals surface area contributed by atoms with E-state index in [0.29, 0.717) is 25.9 Å². The molecule has 2 unspecified atom stereocenters. The lowest BCUT2D eigenvalue weighted by Gasteiger charge is -2.37. The van der Waals surface area contributed by atoms with Gasteiger partial charge in [-0.05, 0) is 32.7 Å². The molecule has 0 aromatic carbocycles. The molecule has 5 nitrogen and oxygen atoms in total. The van der Waals surface area contributed by atoms with Gasteiger partial charge in [-0.15, -0.1) is 0 Å². The highest BCUT2D eigenvalue weighted by atomic mass is 16.2. The van der Waals surface area contributed by atoms with E-state index in [4.69, 9.17) is 11.5 Å². The van der Waals surface area contributed by atoms with Crippen LogP contribution in [0, 0.1) is 5.92 Å². The monoisotopic (exact) mass is 227 g/mol. The molecular weight excluding hydrogens is 206 g/mol. The molecule has 1 heterocycles. The largest absolute Gasteiger partial charge is 0.369 e. The minimum absolute atomic E-state index is 0.0869. The molecular formula is C11H21N3O2. The highest BCUT2D eigenvalue weighted by molar-refractivity contribution is 5.80. The van der Waals surface area contributed by atoms with Crippen molar-refractivity contribution in [3.05, 3.63) is 0 Å². The zero-order valence-electron chi connectivity index (χ0n) is 9.82. The molecule has 1 aliphatic heterocycles. The quantitative estimate of drug-likeness (QED) is 0.699. The molecule has 92 valence electrons. The molecule has 2 atom stereocenters. The summed E-state index contributed by atoms with van der Waals surface area (Å²) in [7, 11) is 0. The normalized spacial score (nSPS) is 25.5. The first-order chi connectivity index (χ1) is 7.56. The molecule has 5 heteroatoms. The van der Waals surface area contributed by atoms with Gasteiger partial charge in [-0.1, -0.05) is 0 Å². The molecule has 0 aliphatic carbocycles. The maximum absolute atomic E-state index is 11.9. The van der Waals surface area contributed by atoms with Crippen LogP contribution in [0.2, 0.25) is 0 Å². The number of hydrogen-bond acceptors (Lipinski definition) is 3. The molecule has 1 saturated heterocycles. The summed E-state index contributed by atoms with van der Waals surface area (Å²) in [5, 5.41) is 0. The third kappa shape index (κ3) is 3.20. The van der Waals surface area contributed by atoms with E-state index in [1.165, 1.54) is 0 Å². The molecule has 1 rings (SSSR count). The minimum atomic E-state index is -0.302. The van der Waals surface area contributed by atoms with Crippen LogP contribution in [0.15, 0.2) is 0 Å². The van der Waals surface area contributed by atoms with Gasteiger partial charge in [0, 0.05) is 19.0 Å². The Morgan fingerprint density at radius 1 is 1.38 bits per heavy atom. The van der Waals surface area contributed by atoms with E-state index in [9.17, 15) is 9.59 Å². The number of likely N-dealkylation sites (tertiary alicyclic amines) is 1. The number of carbonyl (C=O) groups is 2. The molecule has 0 saturated carbocycles. The van der Waals surface area contributed by atoms with Crippen molar-refractivity contribution < 1.29 is 9.59 Å². The van der Waals surface area contributed by atoms with Crippen molar-refractivity contribution in [1.29, 1.82) is 0 Å². The van der Waals surface area contributed by atoms with Crippen molar-refractivity contribution in [2.75, 3.05) is 13.1 Å². The summed E-state index contributed by atoms with van der Waals surface area (Å²) in [4.78, 5) is 24.7. The zero-order chi connectivity index (χ0) is 12.1. The molecule has 1 fully saturated rings. The van der Waals surface area contributed by atoms with Crippen LogP contribution in [0.1, 0.15) is 32.6 Å². The van der Waals surface area contributed by atoms with Gasteiger partial charge in [-0.3, -0.25) is 9.59 Å². The van der Waals surface area contributed by atoms with Gasteiger partial charge in [0.15, 0.2) is 0 Å². The Morgan fingerprint density at radius 2 is 2.06 bits per heavy atom. The predicted molar refractivity (Wildman–Crippen MR) is 61.4 cm³/mol. The van der Waals surface area contributed by atoms with Crippen molar-refractivity contribution in [3.8, 4) is 0 Å². The van der Waals surface area contributed by atoms with E-state index in [0.717, 1.165) is 12.8 Å². The maximum atomic E-state index is 11.9. The highest BCUT2D eigenvalue weighted by Gasteiger charge is 2.30. The Morgan fingerprint density at radius 3 is 2.62 bits per heavy atom. The third-order valence-corrected chi connectivity index (χ3v) is 3.20. The standard InChI is InChI=1S/C11H21N3O2/c1-8-4-5-9(11(13)16)7-14(8)10(15)3-2-6-12/h8-9H,2-7,12H2,1H3,(H2,13,16). The minimum Gasteiger partial charge on any atom is -0.369 e. The fraction of sp³-hybridized carbons (Fsp3) is 0.818. The Bertz CT molecular complexity index is 268. The van der Waals surface area contributed by atoms with Crippen LogP contribution in [-0.4, -0.2) is 35.8 Å². The van der Waals surface area contributed by atoms with E-state index < -0.39 is 0 Å². The molecule has 2 amide bonds. The van der Waals surface area contributed by atoms with Crippen molar-refractivity contribution in [2.45, 2.75) is 38.6 Å². The lowest BCUT2D eigenvalue weighted by molar-refractivity contribution is -0.137. The molecule has 0 radical (unpaired) electrons. The summed E-state index contributed by atoms with van der Waals surface area (Å²) >= 11 is 0. The van der Waals surface area contributed by atoms with Gasteiger partial charge in [0.2, 0.25) is 11.8 Å². The molecule has 1 aliphatic rings. The van der Waals surface area contributed by atoms with Crippen molar-refractivity contribution >= 4 is 11.8 Å². The smallest absolute Gasteiger partial charge is 0.222 e. The third-order valence-electron chi connectivity index (χ3n) is 3.20.